The summed E-state index contributed by atoms with van der Waals surface area (Å²) in [5, 5.41) is 1.84. The Kier molecular flexibility index (Phi) is 3.64. The van der Waals surface area contributed by atoms with Crippen LogP contribution in [0.4, 0.5) is 5.69 Å². The first kappa shape index (κ1) is 15.9. The van der Waals surface area contributed by atoms with Gasteiger partial charge in [0.2, 0.25) is 11.4 Å². The van der Waals surface area contributed by atoms with Gasteiger partial charge in [0.1, 0.15) is 18.2 Å². The van der Waals surface area contributed by atoms with Gasteiger partial charge in [-0.15, -0.1) is 0 Å². The largest absolute Gasteiger partial charge is 0.466 e. The summed E-state index contributed by atoms with van der Waals surface area (Å²) in [7, 11) is 1.88. The smallest absolute Gasteiger partial charge is 0.229 e. The van der Waals surface area contributed by atoms with E-state index in [2.05, 4.69) is 23.0 Å². The summed E-state index contributed by atoms with van der Waals surface area (Å²) in [6, 6.07) is 21.5. The first-order chi connectivity index (χ1) is 16.2. The summed E-state index contributed by atoms with van der Waals surface area (Å²) in [4.78, 5) is 3.68. The third-order valence-corrected chi connectivity index (χ3v) is 6.07. The highest BCUT2D eigenvalue weighted by Crippen LogP contribution is 2.45. The van der Waals surface area contributed by atoms with E-state index in [1.807, 2.05) is 61.9 Å². The summed E-state index contributed by atoms with van der Waals surface area (Å²) in [5.74, 6) is 0. The van der Waals surface area contributed by atoms with Crippen molar-refractivity contribution in [3.8, 4) is 22.4 Å². The molecule has 0 N–H and O–H groups in total. The average Bonchev–Trinajstić information content (AvgIpc) is 3.20. The monoisotopic (exact) mass is 406 g/mol. The molecule has 150 valence electrons. The molecule has 0 saturated carbocycles. The lowest BCUT2D eigenvalue weighted by Crippen LogP contribution is -2.35. The second-order valence-electron chi connectivity index (χ2n) is 7.83. The molecule has 3 aromatic carbocycles. The van der Waals surface area contributed by atoms with Crippen LogP contribution in [0.25, 0.3) is 49.2 Å². The molecule has 0 aliphatic rings. The highest BCUT2D eigenvalue weighted by Gasteiger charge is 2.25. The van der Waals surface area contributed by atoms with Gasteiger partial charge in [0.05, 0.1) is 12.1 Å². The molecular weight excluding hydrogens is 380 g/mol. The number of nitrogens with zero attached hydrogens (tertiary/aromatic N) is 2. The lowest BCUT2D eigenvalue weighted by atomic mass is 9.92. The van der Waals surface area contributed by atoms with Gasteiger partial charge in [0.25, 0.3) is 0 Å². The van der Waals surface area contributed by atoms with Gasteiger partial charge in [-0.05, 0) is 42.6 Å². The Hall–Kier alpha value is -3.90. The topological polar surface area (TPSA) is 21.4 Å². The van der Waals surface area contributed by atoms with E-state index in [-0.39, 0.29) is 0 Å². The van der Waals surface area contributed by atoms with Gasteiger partial charge in [-0.2, -0.15) is 4.57 Å². The van der Waals surface area contributed by atoms with Crippen molar-refractivity contribution in [2.75, 3.05) is 0 Å². The maximum Gasteiger partial charge on any atom is 0.229 e. The van der Waals surface area contributed by atoms with Gasteiger partial charge >= 0.3 is 0 Å². The van der Waals surface area contributed by atoms with Crippen molar-refractivity contribution in [1.82, 2.24) is 0 Å². The first-order valence-electron chi connectivity index (χ1n) is 11.6. The van der Waals surface area contributed by atoms with E-state index >= 15 is 0 Å². The van der Waals surface area contributed by atoms with E-state index < -0.39 is 6.85 Å². The Morgan fingerprint density at radius 1 is 0.935 bits per heavy atom. The van der Waals surface area contributed by atoms with Crippen LogP contribution in [-0.4, -0.2) is 0 Å². The predicted octanol–water partition coefficient (Wildman–Crippen LogP) is 7.22. The Morgan fingerprint density at radius 2 is 1.74 bits per heavy atom. The molecule has 0 spiro atoms. The Balaban J connectivity index is 1.93. The van der Waals surface area contributed by atoms with E-state index in [1.165, 1.54) is 0 Å². The SMILES string of the molecule is [2H]C([2H])([2H])c1ccc(-c2c(C)cc(-c3ccccc3)c3c2oc2c([N+]#[C-])cccc23)[n+](C)c1C. The van der Waals surface area contributed by atoms with E-state index in [9.17, 15) is 0 Å². The molecule has 0 aliphatic heterocycles. The first-order valence-corrected chi connectivity index (χ1v) is 10.1. The maximum absolute atomic E-state index is 7.87. The van der Waals surface area contributed by atoms with Crippen molar-refractivity contribution in [3.05, 3.63) is 95.0 Å². The molecule has 3 heteroatoms. The lowest BCUT2D eigenvalue weighted by Gasteiger charge is -2.12. The van der Waals surface area contributed by atoms with Gasteiger partial charge in [0, 0.05) is 33.4 Å². The summed E-state index contributed by atoms with van der Waals surface area (Å²) in [5.41, 5.74) is 7.59. The molecule has 0 fully saturated rings. The average molecular weight is 407 g/mol. The van der Waals surface area contributed by atoms with Gasteiger partial charge < -0.3 is 4.42 Å². The zero-order valence-corrected chi connectivity index (χ0v) is 17.7. The van der Waals surface area contributed by atoms with Crippen molar-refractivity contribution in [3.63, 3.8) is 0 Å². The van der Waals surface area contributed by atoms with Crippen LogP contribution < -0.4 is 4.57 Å². The van der Waals surface area contributed by atoms with Crippen LogP contribution in [0.1, 0.15) is 20.9 Å². The predicted molar refractivity (Wildman–Crippen MR) is 126 cm³/mol. The molecule has 0 atom stereocenters. The fraction of sp³-hybridized carbons (Fsp3) is 0.143. The lowest BCUT2D eigenvalue weighted by molar-refractivity contribution is -0.667. The molecule has 3 nitrogen and oxygen atoms in total. The zero-order valence-electron chi connectivity index (χ0n) is 20.7. The molecule has 0 bridgehead atoms. The number of hydrogen-bond acceptors (Lipinski definition) is 1. The number of aryl methyl sites for hydroxylation is 2. The van der Waals surface area contributed by atoms with Crippen molar-refractivity contribution in [2.45, 2.75) is 20.7 Å². The third kappa shape index (κ3) is 2.84. The minimum Gasteiger partial charge on any atom is -0.466 e. The molecule has 0 unspecified atom stereocenters. The Morgan fingerprint density at radius 3 is 2.48 bits per heavy atom. The molecule has 0 amide bonds. The molecule has 31 heavy (non-hydrogen) atoms. The highest BCUT2D eigenvalue weighted by atomic mass is 16.3. The summed E-state index contributed by atoms with van der Waals surface area (Å²) >= 11 is 0. The van der Waals surface area contributed by atoms with Crippen molar-refractivity contribution >= 4 is 27.6 Å². The molecular formula is C28H23N2O+. The minimum absolute atomic E-state index is 0.327. The number of benzene rings is 3. The fourth-order valence-corrected chi connectivity index (χ4v) is 4.35. The van der Waals surface area contributed by atoms with Crippen LogP contribution in [0.3, 0.4) is 0 Å². The number of aromatic nitrogens is 1. The van der Waals surface area contributed by atoms with Gasteiger partial charge in [0.15, 0.2) is 5.69 Å². The van der Waals surface area contributed by atoms with E-state index in [1.54, 1.807) is 12.1 Å². The number of pyridine rings is 1. The maximum atomic E-state index is 7.87. The van der Waals surface area contributed by atoms with E-state index in [0.29, 0.717) is 28.1 Å². The minimum atomic E-state index is -2.19. The molecule has 2 heterocycles. The van der Waals surface area contributed by atoms with Crippen LogP contribution in [0.15, 0.2) is 71.1 Å². The number of furan rings is 1. The zero-order chi connectivity index (χ0) is 24.2. The highest BCUT2D eigenvalue weighted by molar-refractivity contribution is 6.18. The quantitative estimate of drug-likeness (QED) is 0.224. The molecule has 5 aromatic rings. The number of para-hydroxylation sites is 1. The van der Waals surface area contributed by atoms with Crippen LogP contribution in [0.2, 0.25) is 0 Å². The van der Waals surface area contributed by atoms with Crippen LogP contribution in [0, 0.1) is 27.3 Å². The second-order valence-corrected chi connectivity index (χ2v) is 7.83. The number of hydrogen-bond donors (Lipinski definition) is 0. The fourth-order valence-electron chi connectivity index (χ4n) is 4.35. The summed E-state index contributed by atoms with van der Waals surface area (Å²) in [6.07, 6.45) is 0. The number of fused-ring (bicyclic) bond motifs is 3. The second kappa shape index (κ2) is 7.11. The van der Waals surface area contributed by atoms with Crippen molar-refractivity contribution in [1.29, 1.82) is 0 Å². The van der Waals surface area contributed by atoms with Crippen LogP contribution >= 0.6 is 0 Å². The van der Waals surface area contributed by atoms with Gasteiger partial charge in [-0.1, -0.05) is 48.5 Å². The Labute approximate surface area is 186 Å². The van der Waals surface area contributed by atoms with Gasteiger partial charge in [-0.3, -0.25) is 0 Å². The van der Waals surface area contributed by atoms with Crippen LogP contribution in [0.5, 0.6) is 0 Å². The molecule has 0 aliphatic carbocycles. The van der Waals surface area contributed by atoms with E-state index in [0.717, 1.165) is 38.7 Å². The third-order valence-electron chi connectivity index (χ3n) is 6.07. The summed E-state index contributed by atoms with van der Waals surface area (Å²) < 4.78 is 32.0. The van der Waals surface area contributed by atoms with Crippen molar-refractivity contribution < 1.29 is 13.1 Å². The molecule has 5 rings (SSSR count). The normalized spacial score (nSPS) is 13.0. The molecule has 2 aromatic heterocycles. The summed E-state index contributed by atoms with van der Waals surface area (Å²) in [6.45, 7) is 9.30. The van der Waals surface area contributed by atoms with Gasteiger partial charge in [-0.25, -0.2) is 4.85 Å². The number of rotatable bonds is 2. The van der Waals surface area contributed by atoms with E-state index in [4.69, 9.17) is 15.1 Å². The van der Waals surface area contributed by atoms with Crippen molar-refractivity contribution in [2.24, 2.45) is 7.05 Å². The Bertz CT molecular complexity index is 1620. The molecule has 0 saturated heterocycles. The van der Waals surface area contributed by atoms with Crippen LogP contribution in [-0.2, 0) is 7.05 Å². The standard InChI is InChI=1S/C28H23N2O/c1-17-14-15-24(30(5)19(17)3)25-18(2)16-22(20-10-7-6-8-11-20)26-21-12-9-13-23(29-4)27(21)31-28(25)26/h6-16H,1-3,5H3/q+1/i1D3. The molecule has 0 radical (unpaired) electrons.